The highest BCUT2D eigenvalue weighted by Crippen LogP contribution is 2.36. The zero-order valence-electron chi connectivity index (χ0n) is 13.2. The first-order valence-corrected chi connectivity index (χ1v) is 8.55. The quantitative estimate of drug-likeness (QED) is 0.784. The molecule has 1 amide bonds. The molecule has 6 heteroatoms. The van der Waals surface area contributed by atoms with Crippen LogP contribution in [0, 0.1) is 5.92 Å². The molecule has 0 unspecified atom stereocenters. The van der Waals surface area contributed by atoms with Gasteiger partial charge in [0.25, 0.3) is 0 Å². The molecular weight excluding hydrogens is 334 g/mol. The predicted molar refractivity (Wildman–Crippen MR) is 94.2 cm³/mol. The van der Waals surface area contributed by atoms with Crippen molar-refractivity contribution in [3.63, 3.8) is 0 Å². The predicted octanol–water partition coefficient (Wildman–Crippen LogP) is 4.84. The smallest absolute Gasteiger partial charge is 0.341 e. The maximum atomic E-state index is 12.3. The van der Waals surface area contributed by atoms with E-state index in [-0.39, 0.29) is 18.4 Å². The lowest BCUT2D eigenvalue weighted by Gasteiger charge is -2.10. The average Bonchev–Trinajstić information content (AvgIpc) is 2.91. The molecule has 1 N–H and O–H groups in total. The lowest BCUT2D eigenvalue weighted by molar-refractivity contribution is -0.118. The van der Waals surface area contributed by atoms with Gasteiger partial charge in [-0.1, -0.05) is 37.6 Å². The Labute approximate surface area is 144 Å². The Morgan fingerprint density at radius 2 is 1.91 bits per heavy atom. The molecule has 0 radical (unpaired) electrons. The van der Waals surface area contributed by atoms with Gasteiger partial charge in [0, 0.05) is 21.9 Å². The van der Waals surface area contributed by atoms with E-state index in [2.05, 4.69) is 5.32 Å². The SMILES string of the molecule is CCOC(=O)c1c(-c2ccc(Cl)cc2)csc1NC(=O)C(C)C. The van der Waals surface area contributed by atoms with E-state index < -0.39 is 5.97 Å². The number of carbonyl (C=O) groups is 2. The second kappa shape index (κ2) is 7.62. The monoisotopic (exact) mass is 351 g/mol. The van der Waals surface area contributed by atoms with Gasteiger partial charge in [0.15, 0.2) is 0 Å². The normalized spacial score (nSPS) is 10.7. The maximum absolute atomic E-state index is 12.3. The number of anilines is 1. The fourth-order valence-electron chi connectivity index (χ4n) is 1.95. The van der Waals surface area contributed by atoms with E-state index in [9.17, 15) is 9.59 Å². The third-order valence-corrected chi connectivity index (χ3v) is 4.33. The first-order chi connectivity index (χ1) is 10.9. The van der Waals surface area contributed by atoms with Crippen LogP contribution in [0.4, 0.5) is 5.00 Å². The molecule has 0 aliphatic heterocycles. The molecule has 0 atom stereocenters. The van der Waals surface area contributed by atoms with Gasteiger partial charge in [0.1, 0.15) is 10.6 Å². The van der Waals surface area contributed by atoms with Crippen LogP contribution in [0.25, 0.3) is 11.1 Å². The third-order valence-electron chi connectivity index (χ3n) is 3.19. The van der Waals surface area contributed by atoms with Crippen LogP contribution >= 0.6 is 22.9 Å². The highest BCUT2D eigenvalue weighted by molar-refractivity contribution is 7.15. The summed E-state index contributed by atoms with van der Waals surface area (Å²) in [6, 6.07) is 7.19. The average molecular weight is 352 g/mol. The number of benzene rings is 1. The summed E-state index contributed by atoms with van der Waals surface area (Å²) in [5, 5.41) is 5.77. The Hall–Kier alpha value is -1.85. The van der Waals surface area contributed by atoms with E-state index in [0.29, 0.717) is 15.6 Å². The van der Waals surface area contributed by atoms with Gasteiger partial charge in [-0.3, -0.25) is 4.79 Å². The number of amides is 1. The van der Waals surface area contributed by atoms with Crippen molar-refractivity contribution < 1.29 is 14.3 Å². The molecule has 122 valence electrons. The van der Waals surface area contributed by atoms with Gasteiger partial charge in [0.05, 0.1) is 6.61 Å². The number of thiophene rings is 1. The van der Waals surface area contributed by atoms with Crippen LogP contribution in [0.3, 0.4) is 0 Å². The lowest BCUT2D eigenvalue weighted by Crippen LogP contribution is -2.19. The van der Waals surface area contributed by atoms with Crippen molar-refractivity contribution in [3.8, 4) is 11.1 Å². The van der Waals surface area contributed by atoms with Gasteiger partial charge in [-0.05, 0) is 24.6 Å². The Balaban J connectivity index is 2.46. The molecule has 2 aromatic rings. The summed E-state index contributed by atoms with van der Waals surface area (Å²) in [5.74, 6) is -0.760. The van der Waals surface area contributed by atoms with E-state index in [4.69, 9.17) is 16.3 Å². The minimum absolute atomic E-state index is 0.139. The first-order valence-electron chi connectivity index (χ1n) is 7.29. The highest BCUT2D eigenvalue weighted by atomic mass is 35.5. The van der Waals surface area contributed by atoms with Crippen LogP contribution in [0.1, 0.15) is 31.1 Å². The summed E-state index contributed by atoms with van der Waals surface area (Å²) < 4.78 is 5.15. The second-order valence-corrected chi connectivity index (χ2v) is 6.54. The molecule has 0 aliphatic rings. The van der Waals surface area contributed by atoms with Crippen molar-refractivity contribution in [1.82, 2.24) is 0 Å². The van der Waals surface area contributed by atoms with E-state index in [1.165, 1.54) is 11.3 Å². The Kier molecular flexibility index (Phi) is 5.80. The molecule has 0 aliphatic carbocycles. The molecular formula is C17H18ClNO3S. The molecule has 0 spiro atoms. The molecule has 1 aromatic heterocycles. The fraction of sp³-hybridized carbons (Fsp3) is 0.294. The molecule has 2 rings (SSSR count). The van der Waals surface area contributed by atoms with Crippen LogP contribution in [0.15, 0.2) is 29.6 Å². The number of nitrogens with one attached hydrogen (secondary N) is 1. The van der Waals surface area contributed by atoms with Crippen LogP contribution in [-0.2, 0) is 9.53 Å². The number of hydrogen-bond acceptors (Lipinski definition) is 4. The van der Waals surface area contributed by atoms with E-state index in [0.717, 1.165) is 11.1 Å². The summed E-state index contributed by atoms with van der Waals surface area (Å²) in [7, 11) is 0. The largest absolute Gasteiger partial charge is 0.462 e. The lowest BCUT2D eigenvalue weighted by atomic mass is 10.0. The molecule has 1 aromatic carbocycles. The minimum Gasteiger partial charge on any atom is -0.462 e. The summed E-state index contributed by atoms with van der Waals surface area (Å²) >= 11 is 7.22. The summed E-state index contributed by atoms with van der Waals surface area (Å²) in [5.41, 5.74) is 1.95. The summed E-state index contributed by atoms with van der Waals surface area (Å²) in [4.78, 5) is 24.3. The van der Waals surface area contributed by atoms with Crippen molar-refractivity contribution in [3.05, 3.63) is 40.2 Å². The van der Waals surface area contributed by atoms with Gasteiger partial charge < -0.3 is 10.1 Å². The molecule has 0 saturated carbocycles. The summed E-state index contributed by atoms with van der Waals surface area (Å²) in [6.07, 6.45) is 0. The number of esters is 1. The zero-order valence-corrected chi connectivity index (χ0v) is 14.8. The fourth-order valence-corrected chi connectivity index (χ4v) is 3.04. The van der Waals surface area contributed by atoms with Gasteiger partial charge >= 0.3 is 5.97 Å². The van der Waals surface area contributed by atoms with Gasteiger partial charge in [0.2, 0.25) is 5.91 Å². The maximum Gasteiger partial charge on any atom is 0.341 e. The summed E-state index contributed by atoms with van der Waals surface area (Å²) in [6.45, 7) is 5.62. The van der Waals surface area contributed by atoms with Crippen molar-refractivity contribution >= 4 is 39.8 Å². The van der Waals surface area contributed by atoms with E-state index in [1.54, 1.807) is 32.9 Å². The zero-order chi connectivity index (χ0) is 17.0. The number of rotatable bonds is 5. The molecule has 1 heterocycles. The topological polar surface area (TPSA) is 55.4 Å². The highest BCUT2D eigenvalue weighted by Gasteiger charge is 2.23. The number of halogens is 1. The minimum atomic E-state index is -0.447. The van der Waals surface area contributed by atoms with Gasteiger partial charge in [-0.2, -0.15) is 0 Å². The van der Waals surface area contributed by atoms with Gasteiger partial charge in [-0.15, -0.1) is 11.3 Å². The van der Waals surface area contributed by atoms with Crippen molar-refractivity contribution in [2.45, 2.75) is 20.8 Å². The number of ether oxygens (including phenoxy) is 1. The van der Waals surface area contributed by atoms with E-state index in [1.807, 2.05) is 17.5 Å². The van der Waals surface area contributed by atoms with Crippen molar-refractivity contribution in [2.24, 2.45) is 5.92 Å². The van der Waals surface area contributed by atoms with Crippen LogP contribution < -0.4 is 5.32 Å². The second-order valence-electron chi connectivity index (χ2n) is 5.22. The van der Waals surface area contributed by atoms with Crippen molar-refractivity contribution in [1.29, 1.82) is 0 Å². The Bertz CT molecular complexity index is 707. The molecule has 0 bridgehead atoms. The van der Waals surface area contributed by atoms with Crippen LogP contribution in [-0.4, -0.2) is 18.5 Å². The van der Waals surface area contributed by atoms with Crippen LogP contribution in [0.2, 0.25) is 5.02 Å². The molecule has 4 nitrogen and oxygen atoms in total. The first kappa shape index (κ1) is 17.5. The van der Waals surface area contributed by atoms with Crippen molar-refractivity contribution in [2.75, 3.05) is 11.9 Å². The standard InChI is InChI=1S/C17H18ClNO3S/c1-4-22-17(21)14-13(11-5-7-12(18)8-6-11)9-23-16(14)19-15(20)10(2)3/h5-10H,4H2,1-3H3,(H,19,20). The number of carbonyl (C=O) groups excluding carboxylic acids is 2. The molecule has 0 fully saturated rings. The van der Waals surface area contributed by atoms with Crippen LogP contribution in [0.5, 0.6) is 0 Å². The van der Waals surface area contributed by atoms with Gasteiger partial charge in [-0.25, -0.2) is 4.79 Å². The third kappa shape index (κ3) is 4.12. The number of hydrogen-bond donors (Lipinski definition) is 1. The Morgan fingerprint density at radius 3 is 2.48 bits per heavy atom. The Morgan fingerprint density at radius 1 is 1.26 bits per heavy atom. The van der Waals surface area contributed by atoms with E-state index >= 15 is 0 Å². The molecule has 23 heavy (non-hydrogen) atoms. The molecule has 0 saturated heterocycles.